The number of methoxy groups -OCH3 is 1. The fourth-order valence-corrected chi connectivity index (χ4v) is 3.45. The molecule has 1 fully saturated rings. The number of hydrogen-bond acceptors (Lipinski definition) is 8. The van der Waals surface area contributed by atoms with Crippen LogP contribution < -0.4 is 25.0 Å². The summed E-state index contributed by atoms with van der Waals surface area (Å²) >= 11 is 0. The van der Waals surface area contributed by atoms with Crippen molar-refractivity contribution in [2.24, 2.45) is 0 Å². The quantitative estimate of drug-likeness (QED) is 0.480. The van der Waals surface area contributed by atoms with Gasteiger partial charge in [0.1, 0.15) is 11.5 Å². The molecular weight excluding hydrogens is 434 g/mol. The van der Waals surface area contributed by atoms with Crippen LogP contribution in [0, 0.1) is 6.92 Å². The Morgan fingerprint density at radius 3 is 2.79 bits per heavy atom. The fourth-order valence-electron chi connectivity index (χ4n) is 3.45. The van der Waals surface area contributed by atoms with Crippen molar-refractivity contribution in [1.29, 1.82) is 0 Å². The van der Waals surface area contributed by atoms with E-state index < -0.39 is 0 Å². The van der Waals surface area contributed by atoms with Gasteiger partial charge in [-0.05, 0) is 37.3 Å². The molecule has 1 aromatic heterocycles. The first-order chi connectivity index (χ1) is 16.6. The van der Waals surface area contributed by atoms with Gasteiger partial charge in [-0.2, -0.15) is 4.98 Å². The molecular formula is C25H27N5O4. The van der Waals surface area contributed by atoms with Crippen LogP contribution in [-0.2, 0) is 9.53 Å². The van der Waals surface area contributed by atoms with Crippen molar-refractivity contribution >= 4 is 28.9 Å². The van der Waals surface area contributed by atoms with Crippen LogP contribution in [0.2, 0.25) is 0 Å². The molecule has 9 heteroatoms. The van der Waals surface area contributed by atoms with Crippen LogP contribution in [0.5, 0.6) is 17.4 Å². The molecule has 2 N–H and O–H groups in total. The van der Waals surface area contributed by atoms with Gasteiger partial charge in [-0.3, -0.25) is 4.79 Å². The van der Waals surface area contributed by atoms with Crippen molar-refractivity contribution in [1.82, 2.24) is 9.97 Å². The predicted octanol–water partition coefficient (Wildman–Crippen LogP) is 4.29. The van der Waals surface area contributed by atoms with E-state index in [9.17, 15) is 4.79 Å². The molecule has 1 aliphatic rings. The van der Waals surface area contributed by atoms with E-state index in [1.165, 1.54) is 6.08 Å². The van der Waals surface area contributed by atoms with E-state index in [-0.39, 0.29) is 5.91 Å². The summed E-state index contributed by atoms with van der Waals surface area (Å²) in [5.41, 5.74) is 3.17. The third-order valence-corrected chi connectivity index (χ3v) is 5.23. The molecule has 0 bridgehead atoms. The topological polar surface area (TPSA) is 97.8 Å². The molecule has 0 spiro atoms. The Morgan fingerprint density at radius 2 is 2.03 bits per heavy atom. The van der Waals surface area contributed by atoms with Gasteiger partial charge in [0.2, 0.25) is 17.7 Å². The van der Waals surface area contributed by atoms with Crippen LogP contribution in [0.1, 0.15) is 5.56 Å². The van der Waals surface area contributed by atoms with Crippen LogP contribution in [-0.4, -0.2) is 49.3 Å². The smallest absolute Gasteiger partial charge is 0.247 e. The first kappa shape index (κ1) is 23.1. The highest BCUT2D eigenvalue weighted by Crippen LogP contribution is 2.33. The van der Waals surface area contributed by atoms with Crippen molar-refractivity contribution in [3.63, 3.8) is 0 Å². The lowest BCUT2D eigenvalue weighted by Gasteiger charge is -2.29. The number of nitrogens with one attached hydrogen (secondary N) is 2. The minimum absolute atomic E-state index is 0.296. The van der Waals surface area contributed by atoms with Crippen molar-refractivity contribution in [2.45, 2.75) is 6.92 Å². The van der Waals surface area contributed by atoms with Gasteiger partial charge in [0.25, 0.3) is 0 Å². The van der Waals surface area contributed by atoms with Crippen molar-refractivity contribution in [2.75, 3.05) is 48.9 Å². The molecule has 1 aliphatic heterocycles. The number of rotatable bonds is 8. The zero-order valence-electron chi connectivity index (χ0n) is 19.2. The summed E-state index contributed by atoms with van der Waals surface area (Å²) in [6, 6.07) is 13.0. The third-order valence-electron chi connectivity index (χ3n) is 5.23. The Bertz CT molecular complexity index is 1180. The molecule has 9 nitrogen and oxygen atoms in total. The number of carbonyl (C=O) groups excluding carboxylic acids is 1. The van der Waals surface area contributed by atoms with Crippen LogP contribution in [0.4, 0.5) is 23.0 Å². The largest absolute Gasteiger partial charge is 0.494 e. The first-order valence-corrected chi connectivity index (χ1v) is 10.9. The van der Waals surface area contributed by atoms with Gasteiger partial charge < -0.3 is 29.7 Å². The van der Waals surface area contributed by atoms with E-state index in [2.05, 4.69) is 32.1 Å². The molecule has 0 atom stereocenters. The number of aryl methyl sites for hydroxylation is 1. The number of nitrogens with zero attached hydrogens (tertiary/aromatic N) is 3. The Kier molecular flexibility index (Phi) is 7.24. The molecule has 1 amide bonds. The second kappa shape index (κ2) is 10.7. The molecule has 2 aromatic carbocycles. The molecule has 34 heavy (non-hydrogen) atoms. The maximum absolute atomic E-state index is 11.6. The molecule has 0 unspecified atom stereocenters. The van der Waals surface area contributed by atoms with Crippen LogP contribution in [0.3, 0.4) is 0 Å². The SMILES string of the molecule is C=CC(=O)Nc1cccc(Oc2nc(Nc3ccc(N4CCOCC4)cc3OC)ncc2C)c1. The highest BCUT2D eigenvalue weighted by Gasteiger charge is 2.15. The predicted molar refractivity (Wildman–Crippen MR) is 131 cm³/mol. The van der Waals surface area contributed by atoms with Crippen molar-refractivity contribution in [3.05, 3.63) is 66.9 Å². The van der Waals surface area contributed by atoms with E-state index in [0.717, 1.165) is 30.0 Å². The average Bonchev–Trinajstić information content (AvgIpc) is 2.87. The number of amides is 1. The standard InChI is InChI=1S/C25H27N5O4/c1-4-23(31)27-18-6-5-7-20(14-18)34-24-17(2)16-26-25(29-24)28-21-9-8-19(15-22(21)32-3)30-10-12-33-13-11-30/h4-9,14-16H,1,10-13H2,2-3H3,(H,27,31)(H,26,28,29). The van der Waals surface area contributed by atoms with E-state index in [1.807, 2.05) is 25.1 Å². The van der Waals surface area contributed by atoms with E-state index in [1.54, 1.807) is 37.6 Å². The molecule has 2 heterocycles. The first-order valence-electron chi connectivity index (χ1n) is 10.9. The van der Waals surface area contributed by atoms with Gasteiger partial charge in [-0.15, -0.1) is 0 Å². The lowest BCUT2D eigenvalue weighted by Crippen LogP contribution is -2.36. The second-order valence-corrected chi connectivity index (χ2v) is 7.61. The molecule has 4 rings (SSSR count). The summed E-state index contributed by atoms with van der Waals surface area (Å²) in [5.74, 6) is 1.68. The summed E-state index contributed by atoms with van der Waals surface area (Å²) in [7, 11) is 1.63. The molecule has 176 valence electrons. The summed E-state index contributed by atoms with van der Waals surface area (Å²) in [5, 5.41) is 5.92. The van der Waals surface area contributed by atoms with E-state index in [4.69, 9.17) is 14.2 Å². The van der Waals surface area contributed by atoms with Crippen LogP contribution >= 0.6 is 0 Å². The normalized spacial score (nSPS) is 13.2. The highest BCUT2D eigenvalue weighted by atomic mass is 16.5. The van der Waals surface area contributed by atoms with Gasteiger partial charge in [0.15, 0.2) is 0 Å². The molecule has 0 aliphatic carbocycles. The Morgan fingerprint density at radius 1 is 1.21 bits per heavy atom. The number of anilines is 4. The Labute approximate surface area is 198 Å². The molecule has 0 radical (unpaired) electrons. The Hall–Kier alpha value is -4.11. The summed E-state index contributed by atoms with van der Waals surface area (Å²) in [4.78, 5) is 22.7. The second-order valence-electron chi connectivity index (χ2n) is 7.61. The fraction of sp³-hybridized carbons (Fsp3) is 0.240. The van der Waals surface area contributed by atoms with Gasteiger partial charge in [-0.1, -0.05) is 12.6 Å². The van der Waals surface area contributed by atoms with Gasteiger partial charge in [-0.25, -0.2) is 4.98 Å². The number of ether oxygens (including phenoxy) is 3. The van der Waals surface area contributed by atoms with E-state index in [0.29, 0.717) is 42.2 Å². The lowest BCUT2D eigenvalue weighted by atomic mass is 10.2. The van der Waals surface area contributed by atoms with Crippen molar-refractivity contribution < 1.29 is 19.0 Å². The van der Waals surface area contributed by atoms with Gasteiger partial charge in [0.05, 0.1) is 26.0 Å². The molecule has 1 saturated heterocycles. The zero-order valence-corrected chi connectivity index (χ0v) is 19.2. The minimum Gasteiger partial charge on any atom is -0.494 e. The number of carbonyl (C=O) groups is 1. The van der Waals surface area contributed by atoms with Gasteiger partial charge in [0, 0.05) is 48.4 Å². The highest BCUT2D eigenvalue weighted by molar-refractivity contribution is 5.98. The summed E-state index contributed by atoms with van der Waals surface area (Å²) < 4.78 is 17.0. The monoisotopic (exact) mass is 461 g/mol. The molecule has 3 aromatic rings. The maximum Gasteiger partial charge on any atom is 0.247 e. The molecule has 0 saturated carbocycles. The van der Waals surface area contributed by atoms with E-state index >= 15 is 0 Å². The maximum atomic E-state index is 11.6. The minimum atomic E-state index is -0.296. The number of morpholine rings is 1. The number of benzene rings is 2. The number of aromatic nitrogens is 2. The Balaban J connectivity index is 1.52. The average molecular weight is 462 g/mol. The lowest BCUT2D eigenvalue weighted by molar-refractivity contribution is -0.111. The van der Waals surface area contributed by atoms with Crippen LogP contribution in [0.25, 0.3) is 0 Å². The van der Waals surface area contributed by atoms with Crippen LogP contribution in [0.15, 0.2) is 61.3 Å². The van der Waals surface area contributed by atoms with Crippen molar-refractivity contribution in [3.8, 4) is 17.4 Å². The number of hydrogen-bond donors (Lipinski definition) is 2. The van der Waals surface area contributed by atoms with Gasteiger partial charge >= 0.3 is 0 Å². The summed E-state index contributed by atoms with van der Waals surface area (Å²) in [6.45, 7) is 8.44. The zero-order chi connectivity index (χ0) is 23.9. The summed E-state index contributed by atoms with van der Waals surface area (Å²) in [6.07, 6.45) is 2.89. The third kappa shape index (κ3) is 5.62.